The third kappa shape index (κ3) is 8.05. The van der Waals surface area contributed by atoms with Crippen LogP contribution in [0.1, 0.15) is 30.6 Å². The molecule has 1 aromatic rings. The zero-order chi connectivity index (χ0) is 20.6. The number of nitrogens with one attached hydrogen (secondary N) is 3. The molecule has 1 rings (SSSR count). The summed E-state index contributed by atoms with van der Waals surface area (Å²) in [4.78, 5) is 37.8. The van der Waals surface area contributed by atoms with E-state index in [2.05, 4.69) is 16.0 Å². The first kappa shape index (κ1) is 23.0. The smallest absolute Gasteiger partial charge is 0.316 e. The molecule has 0 bridgehead atoms. The van der Waals surface area contributed by atoms with Gasteiger partial charge in [0, 0.05) is 32.2 Å². The van der Waals surface area contributed by atoms with E-state index in [0.717, 1.165) is 0 Å². The highest BCUT2D eigenvalue weighted by atomic mass is 35.5. The fraction of sp³-hybridized carbons (Fsp3) is 0.500. The Balaban J connectivity index is 2.67. The molecule has 0 saturated heterocycles. The Hall–Kier alpha value is -1.99. The number of benzene rings is 1. The molecule has 1 aromatic carbocycles. The number of nitrogens with zero attached hydrogens (tertiary/aromatic N) is 1. The number of halogens is 2. The zero-order valence-electron chi connectivity index (χ0n) is 15.9. The van der Waals surface area contributed by atoms with E-state index in [1.807, 2.05) is 13.8 Å². The predicted octanol–water partition coefficient (Wildman–Crippen LogP) is 2.53. The molecule has 4 amide bonds. The molecule has 0 aliphatic carbocycles. The molecule has 0 heterocycles. The zero-order valence-corrected chi connectivity index (χ0v) is 17.4. The molecule has 3 N–H and O–H groups in total. The van der Waals surface area contributed by atoms with Crippen molar-refractivity contribution < 1.29 is 14.4 Å². The molecular formula is C18H26Cl2N4O3. The summed E-state index contributed by atoms with van der Waals surface area (Å²) in [5.74, 6) is -0.574. The van der Waals surface area contributed by atoms with Gasteiger partial charge < -0.3 is 20.9 Å². The first-order chi connectivity index (χ1) is 12.6. The lowest BCUT2D eigenvalue weighted by atomic mass is 10.0. The first-order valence-electron chi connectivity index (χ1n) is 8.60. The molecule has 0 spiro atoms. The standard InChI is InChI=1S/C18H26Cl2N4O3/c1-11(2)9-15(17(26)21-7-8-22-18(27)24(3)4)23-16(25)13-6-5-12(19)10-14(13)20/h5-6,10-11,15H,7-9H2,1-4H3,(H,21,26)(H,22,27)(H,23,25)/t15-/m0/s1. The van der Waals surface area contributed by atoms with E-state index in [9.17, 15) is 14.4 Å². The van der Waals surface area contributed by atoms with Gasteiger partial charge in [-0.15, -0.1) is 0 Å². The number of carbonyl (C=O) groups is 3. The van der Waals surface area contributed by atoms with Crippen LogP contribution in [0.3, 0.4) is 0 Å². The Bertz CT molecular complexity index is 681. The highest BCUT2D eigenvalue weighted by molar-refractivity contribution is 6.36. The molecule has 9 heteroatoms. The van der Waals surface area contributed by atoms with Crippen LogP contribution < -0.4 is 16.0 Å². The Morgan fingerprint density at radius 2 is 1.70 bits per heavy atom. The highest BCUT2D eigenvalue weighted by Gasteiger charge is 2.23. The average Bonchev–Trinajstić information content (AvgIpc) is 2.56. The van der Waals surface area contributed by atoms with Crippen molar-refractivity contribution in [3.63, 3.8) is 0 Å². The van der Waals surface area contributed by atoms with Gasteiger partial charge in [-0.1, -0.05) is 37.0 Å². The quantitative estimate of drug-likeness (QED) is 0.568. The molecule has 0 aliphatic heterocycles. The topological polar surface area (TPSA) is 90.5 Å². The third-order valence-corrected chi connectivity index (χ3v) is 4.16. The normalized spacial score (nSPS) is 11.7. The van der Waals surface area contributed by atoms with Crippen LogP contribution in [0.2, 0.25) is 10.0 Å². The van der Waals surface area contributed by atoms with Crippen LogP contribution in [0.25, 0.3) is 0 Å². The maximum atomic E-state index is 12.5. The van der Waals surface area contributed by atoms with E-state index in [-0.39, 0.29) is 41.5 Å². The molecule has 0 unspecified atom stereocenters. The lowest BCUT2D eigenvalue weighted by Gasteiger charge is -2.21. The summed E-state index contributed by atoms with van der Waals surface area (Å²) in [7, 11) is 3.26. The molecule has 0 saturated carbocycles. The summed E-state index contributed by atoms with van der Waals surface area (Å²) in [6.07, 6.45) is 0.465. The summed E-state index contributed by atoms with van der Waals surface area (Å²) in [6.45, 7) is 4.46. The summed E-state index contributed by atoms with van der Waals surface area (Å²) < 4.78 is 0. The minimum Gasteiger partial charge on any atom is -0.353 e. The van der Waals surface area contributed by atoms with Crippen molar-refractivity contribution in [1.29, 1.82) is 0 Å². The van der Waals surface area contributed by atoms with Crippen LogP contribution in [-0.2, 0) is 4.79 Å². The number of urea groups is 1. The van der Waals surface area contributed by atoms with Gasteiger partial charge in [-0.2, -0.15) is 0 Å². The van der Waals surface area contributed by atoms with Crippen LogP contribution in [0.4, 0.5) is 4.79 Å². The van der Waals surface area contributed by atoms with E-state index in [0.29, 0.717) is 11.4 Å². The summed E-state index contributed by atoms with van der Waals surface area (Å²) in [5, 5.41) is 8.73. The second-order valence-electron chi connectivity index (χ2n) is 6.70. The van der Waals surface area contributed by atoms with Gasteiger partial charge in [-0.25, -0.2) is 4.79 Å². The van der Waals surface area contributed by atoms with Crippen LogP contribution >= 0.6 is 23.2 Å². The fourth-order valence-electron chi connectivity index (χ4n) is 2.25. The largest absolute Gasteiger partial charge is 0.353 e. The van der Waals surface area contributed by atoms with Crippen molar-refractivity contribution in [3.05, 3.63) is 33.8 Å². The molecule has 0 fully saturated rings. The number of amides is 4. The molecule has 0 radical (unpaired) electrons. The van der Waals surface area contributed by atoms with E-state index in [1.54, 1.807) is 20.2 Å². The van der Waals surface area contributed by atoms with E-state index in [1.165, 1.54) is 17.0 Å². The predicted molar refractivity (Wildman–Crippen MR) is 107 cm³/mol. The van der Waals surface area contributed by atoms with Gasteiger partial charge in [0.25, 0.3) is 5.91 Å². The van der Waals surface area contributed by atoms with Crippen molar-refractivity contribution in [3.8, 4) is 0 Å². The van der Waals surface area contributed by atoms with E-state index >= 15 is 0 Å². The van der Waals surface area contributed by atoms with Crippen molar-refractivity contribution >= 4 is 41.0 Å². The van der Waals surface area contributed by atoms with Crippen LogP contribution in [0, 0.1) is 5.92 Å². The molecular weight excluding hydrogens is 391 g/mol. The average molecular weight is 417 g/mol. The highest BCUT2D eigenvalue weighted by Crippen LogP contribution is 2.21. The van der Waals surface area contributed by atoms with Crippen LogP contribution in [-0.4, -0.2) is 56.0 Å². The number of rotatable bonds is 8. The molecule has 150 valence electrons. The first-order valence-corrected chi connectivity index (χ1v) is 9.36. The maximum Gasteiger partial charge on any atom is 0.316 e. The second-order valence-corrected chi connectivity index (χ2v) is 7.54. The molecule has 0 aromatic heterocycles. The number of carbonyl (C=O) groups excluding carboxylic acids is 3. The van der Waals surface area contributed by atoms with E-state index < -0.39 is 11.9 Å². The van der Waals surface area contributed by atoms with Gasteiger partial charge in [-0.05, 0) is 30.5 Å². The monoisotopic (exact) mass is 416 g/mol. The van der Waals surface area contributed by atoms with Crippen molar-refractivity contribution in [2.45, 2.75) is 26.3 Å². The Morgan fingerprint density at radius 3 is 2.26 bits per heavy atom. The molecule has 7 nitrogen and oxygen atoms in total. The van der Waals surface area contributed by atoms with Crippen LogP contribution in [0.15, 0.2) is 18.2 Å². The maximum absolute atomic E-state index is 12.5. The van der Waals surface area contributed by atoms with Crippen molar-refractivity contribution in [2.75, 3.05) is 27.2 Å². The number of hydrogen-bond acceptors (Lipinski definition) is 3. The van der Waals surface area contributed by atoms with Gasteiger partial charge in [0.05, 0.1) is 10.6 Å². The van der Waals surface area contributed by atoms with Crippen molar-refractivity contribution in [2.24, 2.45) is 5.92 Å². The molecule has 1 atom stereocenters. The summed E-state index contributed by atoms with van der Waals surface area (Å²) >= 11 is 11.9. The SMILES string of the molecule is CC(C)C[C@H](NC(=O)c1ccc(Cl)cc1Cl)C(=O)NCCNC(=O)N(C)C. The fourth-order valence-corrected chi connectivity index (χ4v) is 2.74. The van der Waals surface area contributed by atoms with Crippen LogP contribution in [0.5, 0.6) is 0 Å². The number of hydrogen-bond donors (Lipinski definition) is 3. The third-order valence-electron chi connectivity index (χ3n) is 3.61. The molecule has 27 heavy (non-hydrogen) atoms. The van der Waals surface area contributed by atoms with Gasteiger partial charge in [0.15, 0.2) is 0 Å². The van der Waals surface area contributed by atoms with Gasteiger partial charge in [-0.3, -0.25) is 9.59 Å². The van der Waals surface area contributed by atoms with Gasteiger partial charge in [0.1, 0.15) is 6.04 Å². The molecule has 0 aliphatic rings. The summed E-state index contributed by atoms with van der Waals surface area (Å²) in [6, 6.07) is 3.60. The minimum atomic E-state index is -0.714. The Morgan fingerprint density at radius 1 is 1.07 bits per heavy atom. The van der Waals surface area contributed by atoms with Gasteiger partial charge in [0.2, 0.25) is 5.91 Å². The van der Waals surface area contributed by atoms with Gasteiger partial charge >= 0.3 is 6.03 Å². The van der Waals surface area contributed by atoms with E-state index in [4.69, 9.17) is 23.2 Å². The Labute approximate surface area is 169 Å². The Kier molecular flexibility index (Phi) is 9.38. The second kappa shape index (κ2) is 11.0. The lowest BCUT2D eigenvalue weighted by Crippen LogP contribution is -2.49. The summed E-state index contributed by atoms with van der Waals surface area (Å²) in [5.41, 5.74) is 0.251. The van der Waals surface area contributed by atoms with Crippen molar-refractivity contribution in [1.82, 2.24) is 20.9 Å². The minimum absolute atomic E-state index is 0.190. The lowest BCUT2D eigenvalue weighted by molar-refractivity contribution is -0.123.